The minimum absolute atomic E-state index is 0.169. The van der Waals surface area contributed by atoms with E-state index in [-0.39, 0.29) is 5.82 Å². The summed E-state index contributed by atoms with van der Waals surface area (Å²) in [5, 5.41) is 0.704. The van der Waals surface area contributed by atoms with Gasteiger partial charge in [0.25, 0.3) is 0 Å². The summed E-state index contributed by atoms with van der Waals surface area (Å²) in [5.74, 6) is 0.169. The molecule has 0 bridgehead atoms. The molecule has 0 aliphatic heterocycles. The summed E-state index contributed by atoms with van der Waals surface area (Å²) in [4.78, 5) is 31.4. The molecule has 0 fully saturated rings. The fraction of sp³-hybridized carbons (Fsp3) is 0. The molecule has 0 aliphatic carbocycles. The Morgan fingerprint density at radius 2 is 1.81 bits per heavy atom. The summed E-state index contributed by atoms with van der Waals surface area (Å²) in [6.45, 7) is 0. The molecule has 0 spiro atoms. The molecule has 16 heavy (non-hydrogen) atoms. The molecule has 1 aromatic heterocycles. The van der Waals surface area contributed by atoms with Crippen LogP contribution in [-0.2, 0) is 9.59 Å². The molecule has 76 valence electrons. The van der Waals surface area contributed by atoms with Crippen molar-refractivity contribution in [3.8, 4) is 0 Å². The monoisotopic (exact) mass is 211 g/mol. The number of hydrogen-bond donors (Lipinski definition) is 0. The molecule has 0 aliphatic rings. The summed E-state index contributed by atoms with van der Waals surface area (Å²) in [6, 6.07) is 8.53. The van der Waals surface area contributed by atoms with E-state index in [0.29, 0.717) is 16.6 Å². The predicted molar refractivity (Wildman–Crippen MR) is 57.3 cm³/mol. The first-order valence-electron chi connectivity index (χ1n) is 4.40. The van der Waals surface area contributed by atoms with Crippen LogP contribution in [0.4, 0.5) is 11.5 Å². The number of fused-ring (bicyclic) bond motifs is 1. The van der Waals surface area contributed by atoms with Crippen LogP contribution in [0.25, 0.3) is 10.9 Å². The Morgan fingerprint density at radius 3 is 2.56 bits per heavy atom. The smallest absolute Gasteiger partial charge is 0.228 e. The van der Waals surface area contributed by atoms with Gasteiger partial charge in [-0.1, -0.05) is 18.2 Å². The Balaban J connectivity index is 2.82. The van der Waals surface area contributed by atoms with Gasteiger partial charge in [0, 0.05) is 11.5 Å². The van der Waals surface area contributed by atoms with Crippen molar-refractivity contribution >= 4 is 34.6 Å². The quantitative estimate of drug-likeness (QED) is 0.564. The lowest BCUT2D eigenvalue weighted by molar-refractivity contribution is 0.564. The molecule has 1 heterocycles. The molecule has 2 aromatic rings. The van der Waals surface area contributed by atoms with Crippen LogP contribution in [0.1, 0.15) is 0 Å². The Bertz CT molecular complexity index is 639. The number of para-hydroxylation sites is 1. The highest BCUT2D eigenvalue weighted by atomic mass is 16.1. The summed E-state index contributed by atoms with van der Waals surface area (Å²) in [5.41, 5.74) is 0.989. The lowest BCUT2D eigenvalue weighted by Gasteiger charge is -2.00. The second kappa shape index (κ2) is 4.28. The van der Waals surface area contributed by atoms with Gasteiger partial charge in [0.05, 0.1) is 11.2 Å². The van der Waals surface area contributed by atoms with Crippen molar-refractivity contribution in [3.63, 3.8) is 0 Å². The summed E-state index contributed by atoms with van der Waals surface area (Å²) in [6.07, 6.45) is 2.84. The summed E-state index contributed by atoms with van der Waals surface area (Å²) >= 11 is 0. The van der Waals surface area contributed by atoms with E-state index in [2.05, 4.69) is 15.0 Å². The molecule has 0 unspecified atom stereocenters. The average molecular weight is 211 g/mol. The first kappa shape index (κ1) is 9.93. The van der Waals surface area contributed by atoms with Crippen LogP contribution in [0.5, 0.6) is 0 Å². The number of hydrogen-bond acceptors (Lipinski definition) is 5. The van der Waals surface area contributed by atoms with E-state index in [1.165, 1.54) is 18.2 Å². The van der Waals surface area contributed by atoms with Gasteiger partial charge in [0.1, 0.15) is 0 Å². The number of rotatable bonds is 2. The van der Waals surface area contributed by atoms with Crippen LogP contribution in [-0.4, -0.2) is 17.1 Å². The Labute approximate surface area is 90.2 Å². The Hall–Kier alpha value is -2.61. The third-order valence-corrected chi connectivity index (χ3v) is 2.01. The van der Waals surface area contributed by atoms with E-state index in [1.54, 1.807) is 24.3 Å². The van der Waals surface area contributed by atoms with Crippen molar-refractivity contribution in [2.75, 3.05) is 0 Å². The van der Waals surface area contributed by atoms with E-state index < -0.39 is 0 Å². The first-order chi connectivity index (χ1) is 7.85. The van der Waals surface area contributed by atoms with Crippen molar-refractivity contribution in [2.45, 2.75) is 0 Å². The maximum absolute atomic E-state index is 10.3. The summed E-state index contributed by atoms with van der Waals surface area (Å²) in [7, 11) is 0. The zero-order chi connectivity index (χ0) is 11.4. The molecule has 0 atom stereocenters. The molecular weight excluding hydrogens is 206 g/mol. The molecule has 0 saturated heterocycles. The third-order valence-electron chi connectivity index (χ3n) is 2.01. The van der Waals surface area contributed by atoms with E-state index in [1.807, 2.05) is 0 Å². The topological polar surface area (TPSA) is 71.8 Å². The highest BCUT2D eigenvalue weighted by Gasteiger charge is 2.03. The van der Waals surface area contributed by atoms with Gasteiger partial charge >= 0.3 is 0 Å². The molecule has 0 amide bonds. The van der Waals surface area contributed by atoms with Crippen LogP contribution >= 0.6 is 0 Å². The second-order valence-corrected chi connectivity index (χ2v) is 2.92. The highest BCUT2D eigenvalue weighted by molar-refractivity contribution is 5.92. The molecule has 0 saturated carbocycles. The summed E-state index contributed by atoms with van der Waals surface area (Å²) < 4.78 is 0. The largest absolute Gasteiger partial charge is 0.242 e. The molecule has 5 nitrogen and oxygen atoms in total. The Kier molecular flexibility index (Phi) is 2.65. The van der Waals surface area contributed by atoms with Crippen LogP contribution in [0.3, 0.4) is 0 Å². The molecular formula is C11H5N3O2. The lowest BCUT2D eigenvalue weighted by Crippen LogP contribution is -1.80. The lowest BCUT2D eigenvalue weighted by atomic mass is 10.2. The van der Waals surface area contributed by atoms with Gasteiger partial charge in [0.2, 0.25) is 12.2 Å². The minimum atomic E-state index is 0.169. The zero-order valence-corrected chi connectivity index (χ0v) is 8.04. The molecule has 5 heteroatoms. The van der Waals surface area contributed by atoms with Gasteiger partial charge < -0.3 is 0 Å². The standard InChI is InChI=1S/C11H5N3O2/c15-6-12-10-5-11(13-7-16)14-9-4-2-1-3-8(9)10/h1-5H. The number of carbonyl (C=O) groups excluding carboxylic acids is 2. The van der Waals surface area contributed by atoms with Crippen LogP contribution in [0.2, 0.25) is 0 Å². The molecule has 0 N–H and O–H groups in total. The normalized spacial score (nSPS) is 9.25. The number of aliphatic imine (C=N–C) groups is 2. The van der Waals surface area contributed by atoms with Crippen molar-refractivity contribution in [1.29, 1.82) is 0 Å². The molecule has 0 radical (unpaired) electrons. The number of nitrogens with zero attached hydrogens (tertiary/aromatic N) is 3. The molecule has 1 aromatic carbocycles. The van der Waals surface area contributed by atoms with Gasteiger partial charge in [-0.25, -0.2) is 14.6 Å². The van der Waals surface area contributed by atoms with Crippen molar-refractivity contribution < 1.29 is 9.59 Å². The van der Waals surface area contributed by atoms with Gasteiger partial charge in [0.15, 0.2) is 5.82 Å². The third kappa shape index (κ3) is 1.77. The fourth-order valence-corrected chi connectivity index (χ4v) is 1.39. The van der Waals surface area contributed by atoms with E-state index in [0.717, 1.165) is 0 Å². The Morgan fingerprint density at radius 1 is 1.06 bits per heavy atom. The predicted octanol–water partition coefficient (Wildman–Crippen LogP) is 2.17. The minimum Gasteiger partial charge on any atom is -0.228 e. The highest BCUT2D eigenvalue weighted by Crippen LogP contribution is 2.28. The number of pyridine rings is 1. The fourth-order valence-electron chi connectivity index (χ4n) is 1.39. The van der Waals surface area contributed by atoms with Crippen molar-refractivity contribution in [1.82, 2.24) is 4.98 Å². The van der Waals surface area contributed by atoms with E-state index >= 15 is 0 Å². The maximum Gasteiger partial charge on any atom is 0.242 e. The van der Waals surface area contributed by atoms with Crippen LogP contribution < -0.4 is 0 Å². The van der Waals surface area contributed by atoms with Crippen molar-refractivity contribution in [3.05, 3.63) is 30.3 Å². The molecule has 2 rings (SSSR count). The van der Waals surface area contributed by atoms with E-state index in [4.69, 9.17) is 0 Å². The van der Waals surface area contributed by atoms with Crippen LogP contribution in [0.15, 0.2) is 40.3 Å². The van der Waals surface area contributed by atoms with Gasteiger partial charge in [-0.3, -0.25) is 0 Å². The SMILES string of the molecule is O=C=Nc1cc(N=C=O)c2ccccc2n1. The average Bonchev–Trinajstić information content (AvgIpc) is 2.30. The van der Waals surface area contributed by atoms with E-state index in [9.17, 15) is 9.59 Å². The van der Waals surface area contributed by atoms with Crippen LogP contribution in [0, 0.1) is 0 Å². The first-order valence-corrected chi connectivity index (χ1v) is 4.40. The number of benzene rings is 1. The second-order valence-electron chi connectivity index (χ2n) is 2.92. The number of isocyanates is 2. The van der Waals surface area contributed by atoms with Crippen molar-refractivity contribution in [2.24, 2.45) is 9.98 Å². The zero-order valence-electron chi connectivity index (χ0n) is 8.04. The number of aromatic nitrogens is 1. The van der Waals surface area contributed by atoms with Gasteiger partial charge in [-0.2, -0.15) is 4.99 Å². The van der Waals surface area contributed by atoms with Gasteiger partial charge in [-0.05, 0) is 6.07 Å². The maximum atomic E-state index is 10.3. The van der Waals surface area contributed by atoms with Gasteiger partial charge in [-0.15, -0.1) is 4.99 Å².